The molecule has 0 aliphatic rings. The first-order valence-corrected chi connectivity index (χ1v) is 9.72. The molecule has 25 heavy (non-hydrogen) atoms. The van der Waals surface area contributed by atoms with Gasteiger partial charge in [-0.2, -0.15) is 0 Å². The van der Waals surface area contributed by atoms with Gasteiger partial charge in [-0.3, -0.25) is 10.1 Å². The summed E-state index contributed by atoms with van der Waals surface area (Å²) in [6, 6.07) is 8.37. The summed E-state index contributed by atoms with van der Waals surface area (Å²) in [5.41, 5.74) is 3.41. The minimum Gasteiger partial charge on any atom is -0.319 e. The second-order valence-electron chi connectivity index (χ2n) is 5.50. The van der Waals surface area contributed by atoms with Crippen LogP contribution in [-0.2, 0) is 11.3 Å². The van der Waals surface area contributed by atoms with E-state index in [4.69, 9.17) is 0 Å². The first-order chi connectivity index (χ1) is 12.1. The molecule has 0 radical (unpaired) electrons. The summed E-state index contributed by atoms with van der Waals surface area (Å²) in [5.74, 6) is 0.173. The van der Waals surface area contributed by atoms with Crippen molar-refractivity contribution in [3.05, 3.63) is 41.0 Å². The zero-order valence-corrected chi connectivity index (χ0v) is 15.9. The van der Waals surface area contributed by atoms with Crippen LogP contribution in [0.4, 0.5) is 5.13 Å². The fourth-order valence-electron chi connectivity index (χ4n) is 2.37. The molecule has 6 nitrogen and oxygen atoms in total. The highest BCUT2D eigenvalue weighted by atomic mass is 32.2. The predicted octanol–water partition coefficient (Wildman–Crippen LogP) is 3.77. The average molecular weight is 374 g/mol. The summed E-state index contributed by atoms with van der Waals surface area (Å²) >= 11 is 2.78. The molecular weight excluding hydrogens is 354 g/mol. The number of hydrogen-bond acceptors (Lipinski definition) is 6. The Kier molecular flexibility index (Phi) is 5.50. The first kappa shape index (κ1) is 17.6. The van der Waals surface area contributed by atoms with Gasteiger partial charge in [0.25, 0.3) is 0 Å². The van der Waals surface area contributed by atoms with Crippen molar-refractivity contribution in [1.82, 2.24) is 19.7 Å². The Balaban J connectivity index is 1.68. The minimum atomic E-state index is -0.108. The highest BCUT2D eigenvalue weighted by Crippen LogP contribution is 2.26. The molecule has 3 rings (SSSR count). The van der Waals surface area contributed by atoms with Crippen LogP contribution in [0, 0.1) is 13.8 Å². The summed E-state index contributed by atoms with van der Waals surface area (Å²) < 4.78 is 2.12. The number of thioether (sulfide) groups is 1. The van der Waals surface area contributed by atoms with Crippen LogP contribution in [0.2, 0.25) is 0 Å². The van der Waals surface area contributed by atoms with Gasteiger partial charge in [-0.15, -0.1) is 10.2 Å². The number of nitrogens with one attached hydrogen (secondary N) is 1. The van der Waals surface area contributed by atoms with Crippen LogP contribution in [0.15, 0.2) is 35.6 Å². The molecule has 2 heterocycles. The monoisotopic (exact) mass is 373 g/mol. The molecule has 0 spiro atoms. The summed E-state index contributed by atoms with van der Waals surface area (Å²) in [6.07, 6.45) is 1.86. The zero-order valence-electron chi connectivity index (χ0n) is 14.3. The highest BCUT2D eigenvalue weighted by molar-refractivity contribution is 7.99. The fraction of sp³-hybridized carbons (Fsp3) is 0.294. The van der Waals surface area contributed by atoms with E-state index in [1.807, 2.05) is 13.1 Å². The number of benzene rings is 1. The van der Waals surface area contributed by atoms with Crippen LogP contribution in [0.3, 0.4) is 0 Å². The smallest absolute Gasteiger partial charge is 0.236 e. The van der Waals surface area contributed by atoms with Crippen molar-refractivity contribution in [3.63, 3.8) is 0 Å². The number of carbonyl (C=O) groups excluding carboxylic acids is 1. The van der Waals surface area contributed by atoms with Gasteiger partial charge in [-0.1, -0.05) is 52.9 Å². The molecule has 1 N–H and O–H groups in total. The SMILES string of the molecule is CCn1c(-c2ccc(C)cc2)cnc1SCC(=O)Nc1nnc(C)s1. The number of nitrogens with zero attached hydrogens (tertiary/aromatic N) is 4. The maximum Gasteiger partial charge on any atom is 0.236 e. The van der Waals surface area contributed by atoms with Gasteiger partial charge in [0, 0.05) is 6.54 Å². The van der Waals surface area contributed by atoms with Crippen LogP contribution in [0.5, 0.6) is 0 Å². The van der Waals surface area contributed by atoms with Crippen molar-refractivity contribution >= 4 is 34.1 Å². The lowest BCUT2D eigenvalue weighted by Crippen LogP contribution is -2.14. The molecule has 0 unspecified atom stereocenters. The molecule has 130 valence electrons. The van der Waals surface area contributed by atoms with Crippen molar-refractivity contribution in [1.29, 1.82) is 0 Å². The molecule has 0 aliphatic heterocycles. The Labute approximate surface area is 154 Å². The van der Waals surface area contributed by atoms with Gasteiger partial charge in [-0.25, -0.2) is 4.98 Å². The summed E-state index contributed by atoms with van der Waals surface area (Å²) in [4.78, 5) is 16.6. The van der Waals surface area contributed by atoms with Crippen LogP contribution in [0.25, 0.3) is 11.3 Å². The van der Waals surface area contributed by atoms with Crippen LogP contribution in [0.1, 0.15) is 17.5 Å². The fourth-order valence-corrected chi connectivity index (χ4v) is 3.82. The third-order valence-corrected chi connectivity index (χ3v) is 5.33. The van der Waals surface area contributed by atoms with E-state index in [1.54, 1.807) is 0 Å². The first-order valence-electron chi connectivity index (χ1n) is 7.92. The van der Waals surface area contributed by atoms with E-state index in [1.165, 1.54) is 28.7 Å². The van der Waals surface area contributed by atoms with E-state index in [-0.39, 0.29) is 11.7 Å². The molecule has 2 aromatic heterocycles. The average Bonchev–Trinajstić information content (AvgIpc) is 3.19. The van der Waals surface area contributed by atoms with Gasteiger partial charge in [-0.05, 0) is 26.3 Å². The maximum absolute atomic E-state index is 12.1. The number of carbonyl (C=O) groups is 1. The van der Waals surface area contributed by atoms with E-state index in [9.17, 15) is 4.79 Å². The Morgan fingerprint density at radius 2 is 2.00 bits per heavy atom. The maximum atomic E-state index is 12.1. The summed E-state index contributed by atoms with van der Waals surface area (Å²) in [7, 11) is 0. The van der Waals surface area contributed by atoms with Crippen molar-refractivity contribution in [2.24, 2.45) is 0 Å². The number of hydrogen-bond donors (Lipinski definition) is 1. The quantitative estimate of drug-likeness (QED) is 0.666. The normalized spacial score (nSPS) is 10.8. The van der Waals surface area contributed by atoms with Crippen molar-refractivity contribution < 1.29 is 4.79 Å². The second kappa shape index (κ2) is 7.79. The Hall–Kier alpha value is -2.19. The minimum absolute atomic E-state index is 0.108. The number of aryl methyl sites for hydroxylation is 2. The molecule has 1 aromatic carbocycles. The number of amides is 1. The highest BCUT2D eigenvalue weighted by Gasteiger charge is 2.13. The number of rotatable bonds is 6. The molecule has 0 saturated carbocycles. The van der Waals surface area contributed by atoms with E-state index in [2.05, 4.69) is 63.2 Å². The Morgan fingerprint density at radius 1 is 1.24 bits per heavy atom. The lowest BCUT2D eigenvalue weighted by Gasteiger charge is -2.09. The van der Waals surface area contributed by atoms with Gasteiger partial charge in [0.1, 0.15) is 5.01 Å². The van der Waals surface area contributed by atoms with Gasteiger partial charge in [0.05, 0.1) is 17.6 Å². The van der Waals surface area contributed by atoms with Crippen molar-refractivity contribution in [2.75, 3.05) is 11.1 Å². The topological polar surface area (TPSA) is 72.7 Å². The van der Waals surface area contributed by atoms with Gasteiger partial charge in [0.2, 0.25) is 11.0 Å². The molecular formula is C17H19N5OS2. The van der Waals surface area contributed by atoms with Crippen LogP contribution >= 0.6 is 23.1 Å². The molecule has 0 bridgehead atoms. The van der Waals surface area contributed by atoms with E-state index >= 15 is 0 Å². The Morgan fingerprint density at radius 3 is 2.64 bits per heavy atom. The second-order valence-corrected chi connectivity index (χ2v) is 7.62. The van der Waals surface area contributed by atoms with Crippen LogP contribution in [-0.4, -0.2) is 31.4 Å². The summed E-state index contributed by atoms with van der Waals surface area (Å²) in [5, 5.41) is 12.7. The zero-order chi connectivity index (χ0) is 17.8. The number of anilines is 1. The molecule has 1 amide bonds. The number of aromatic nitrogens is 4. The Bertz CT molecular complexity index is 870. The largest absolute Gasteiger partial charge is 0.319 e. The molecule has 3 aromatic rings. The van der Waals surface area contributed by atoms with Crippen molar-refractivity contribution in [3.8, 4) is 11.3 Å². The third-order valence-electron chi connectivity index (χ3n) is 3.59. The van der Waals surface area contributed by atoms with E-state index in [0.717, 1.165) is 28.0 Å². The lowest BCUT2D eigenvalue weighted by molar-refractivity contribution is -0.113. The number of imidazole rings is 1. The summed E-state index contributed by atoms with van der Waals surface area (Å²) in [6.45, 7) is 6.79. The van der Waals surface area contributed by atoms with Crippen LogP contribution < -0.4 is 5.32 Å². The molecule has 0 atom stereocenters. The third kappa shape index (κ3) is 4.26. The lowest BCUT2D eigenvalue weighted by atomic mass is 10.1. The van der Waals surface area contributed by atoms with Gasteiger partial charge in [0.15, 0.2) is 5.16 Å². The van der Waals surface area contributed by atoms with Gasteiger partial charge >= 0.3 is 0 Å². The predicted molar refractivity (Wildman–Crippen MR) is 102 cm³/mol. The van der Waals surface area contributed by atoms with E-state index < -0.39 is 0 Å². The van der Waals surface area contributed by atoms with E-state index in [0.29, 0.717) is 5.13 Å². The van der Waals surface area contributed by atoms with Crippen molar-refractivity contribution in [2.45, 2.75) is 32.5 Å². The molecule has 8 heteroatoms. The standard InChI is InChI=1S/C17H19N5OS2/c1-4-22-14(13-7-5-11(2)6-8-13)9-18-17(22)24-10-15(23)19-16-21-20-12(3)25-16/h5-9H,4,10H2,1-3H3,(H,19,21,23). The molecule has 0 fully saturated rings. The van der Waals surface area contributed by atoms with Gasteiger partial charge < -0.3 is 4.57 Å². The molecule has 0 aliphatic carbocycles. The molecule has 0 saturated heterocycles.